The molecule has 0 spiro atoms. The van der Waals surface area contributed by atoms with Crippen LogP contribution in [-0.4, -0.2) is 24.2 Å². The molecule has 2 rings (SSSR count). The number of hydrogen-bond donors (Lipinski definition) is 2. The van der Waals surface area contributed by atoms with Gasteiger partial charge in [-0.1, -0.05) is 30.3 Å². The lowest BCUT2D eigenvalue weighted by Gasteiger charge is -2.14. The molecule has 20 heavy (non-hydrogen) atoms. The summed E-state index contributed by atoms with van der Waals surface area (Å²) >= 11 is 0. The molecule has 0 saturated heterocycles. The zero-order valence-electron chi connectivity index (χ0n) is 11.4. The lowest BCUT2D eigenvalue weighted by atomic mass is 10.0. The Bertz CT molecular complexity index is 601. The third-order valence-electron chi connectivity index (χ3n) is 3.17. The van der Waals surface area contributed by atoms with Crippen molar-refractivity contribution in [1.29, 1.82) is 0 Å². The number of rotatable bonds is 5. The van der Waals surface area contributed by atoms with Crippen molar-refractivity contribution in [3.05, 3.63) is 42.0 Å². The number of halogens is 1. The topological polar surface area (TPSA) is 58.6 Å². The fourth-order valence-corrected chi connectivity index (χ4v) is 2.03. The summed E-state index contributed by atoms with van der Waals surface area (Å²) in [7, 11) is 1.62. The summed E-state index contributed by atoms with van der Waals surface area (Å²) in [4.78, 5) is 10.8. The molecule has 2 aromatic carbocycles. The van der Waals surface area contributed by atoms with Crippen LogP contribution in [0.4, 0.5) is 0 Å². The summed E-state index contributed by atoms with van der Waals surface area (Å²) in [5, 5.41) is 14.1. The highest BCUT2D eigenvalue weighted by molar-refractivity contribution is 5.87. The van der Waals surface area contributed by atoms with Gasteiger partial charge < -0.3 is 15.2 Å². The second-order valence-electron chi connectivity index (χ2n) is 4.41. The van der Waals surface area contributed by atoms with E-state index in [0.717, 1.165) is 22.1 Å². The Balaban J connectivity index is 0.00000200. The van der Waals surface area contributed by atoms with Crippen molar-refractivity contribution in [2.24, 2.45) is 0 Å². The van der Waals surface area contributed by atoms with E-state index in [1.807, 2.05) is 36.4 Å². The van der Waals surface area contributed by atoms with E-state index in [2.05, 4.69) is 5.32 Å². The first kappa shape index (κ1) is 16.3. The molecule has 0 aliphatic carbocycles. The minimum atomic E-state index is -0.862. The molecule has 2 aromatic rings. The van der Waals surface area contributed by atoms with Crippen LogP contribution in [0, 0.1) is 0 Å². The minimum Gasteiger partial charge on any atom is -0.496 e. The van der Waals surface area contributed by atoms with E-state index in [-0.39, 0.29) is 12.4 Å². The molecular weight excluding hydrogens is 278 g/mol. The van der Waals surface area contributed by atoms with Crippen LogP contribution in [0.2, 0.25) is 0 Å². The molecule has 0 bridgehead atoms. The molecule has 108 valence electrons. The lowest BCUT2D eigenvalue weighted by Crippen LogP contribution is -2.33. The van der Waals surface area contributed by atoms with Crippen LogP contribution in [0.3, 0.4) is 0 Å². The Morgan fingerprint density at radius 3 is 2.65 bits per heavy atom. The van der Waals surface area contributed by atoms with Gasteiger partial charge >= 0.3 is 5.97 Å². The lowest BCUT2D eigenvalue weighted by molar-refractivity contribution is -0.139. The highest BCUT2D eigenvalue weighted by Crippen LogP contribution is 2.27. The van der Waals surface area contributed by atoms with Crippen molar-refractivity contribution in [3.63, 3.8) is 0 Å². The van der Waals surface area contributed by atoms with Gasteiger partial charge in [-0.15, -0.1) is 12.4 Å². The van der Waals surface area contributed by atoms with Crippen molar-refractivity contribution in [2.45, 2.75) is 19.5 Å². The maximum absolute atomic E-state index is 10.8. The summed E-state index contributed by atoms with van der Waals surface area (Å²) in [6.45, 7) is 2.08. The predicted molar refractivity (Wildman–Crippen MR) is 81.7 cm³/mol. The molecule has 0 amide bonds. The maximum atomic E-state index is 10.8. The third-order valence-corrected chi connectivity index (χ3v) is 3.17. The molecule has 0 heterocycles. The fraction of sp³-hybridized carbons (Fsp3) is 0.267. The monoisotopic (exact) mass is 295 g/mol. The standard InChI is InChI=1S/C15H17NO3.ClH/c1-10(15(17)18)16-9-13-12-6-4-3-5-11(12)7-8-14(13)19-2;/h3-8,10,16H,9H2,1-2H3,(H,17,18);1H. The van der Waals surface area contributed by atoms with Crippen molar-refractivity contribution >= 4 is 29.1 Å². The molecule has 5 heteroatoms. The number of nitrogens with one attached hydrogen (secondary N) is 1. The van der Waals surface area contributed by atoms with E-state index in [4.69, 9.17) is 9.84 Å². The first-order valence-corrected chi connectivity index (χ1v) is 6.14. The van der Waals surface area contributed by atoms with E-state index in [1.54, 1.807) is 14.0 Å². The Kier molecular flexibility index (Phi) is 5.80. The summed E-state index contributed by atoms with van der Waals surface area (Å²) in [5.41, 5.74) is 0.980. The molecule has 0 aliphatic heterocycles. The normalized spacial score (nSPS) is 11.7. The molecule has 1 atom stereocenters. The highest BCUT2D eigenvalue weighted by atomic mass is 35.5. The van der Waals surface area contributed by atoms with Crippen LogP contribution < -0.4 is 10.1 Å². The molecule has 0 aromatic heterocycles. The van der Waals surface area contributed by atoms with E-state index < -0.39 is 12.0 Å². The third kappa shape index (κ3) is 3.40. The van der Waals surface area contributed by atoms with Crippen molar-refractivity contribution in [2.75, 3.05) is 7.11 Å². The van der Waals surface area contributed by atoms with Crippen molar-refractivity contribution in [3.8, 4) is 5.75 Å². The van der Waals surface area contributed by atoms with Gasteiger partial charge in [-0.3, -0.25) is 4.79 Å². The molecule has 0 saturated carbocycles. The Morgan fingerprint density at radius 2 is 2.00 bits per heavy atom. The van der Waals surface area contributed by atoms with Crippen LogP contribution in [0.5, 0.6) is 5.75 Å². The molecule has 0 aliphatic rings. The number of carbonyl (C=O) groups is 1. The largest absolute Gasteiger partial charge is 0.496 e. The van der Waals surface area contributed by atoms with Crippen LogP contribution in [0.1, 0.15) is 12.5 Å². The second kappa shape index (κ2) is 7.12. The van der Waals surface area contributed by atoms with Crippen LogP contribution in [0.25, 0.3) is 10.8 Å². The number of carboxylic acid groups (broad SMARTS) is 1. The Hall–Kier alpha value is -1.78. The van der Waals surface area contributed by atoms with Gasteiger partial charge in [-0.25, -0.2) is 0 Å². The van der Waals surface area contributed by atoms with Gasteiger partial charge in [-0.05, 0) is 23.8 Å². The van der Waals surface area contributed by atoms with E-state index in [0.29, 0.717) is 6.54 Å². The number of aliphatic carboxylic acids is 1. The first-order chi connectivity index (χ1) is 9.13. The van der Waals surface area contributed by atoms with E-state index in [1.165, 1.54) is 0 Å². The number of methoxy groups -OCH3 is 1. The number of carboxylic acids is 1. The number of hydrogen-bond acceptors (Lipinski definition) is 3. The zero-order valence-corrected chi connectivity index (χ0v) is 12.2. The summed E-state index contributed by atoms with van der Waals surface area (Å²) < 4.78 is 5.36. The molecule has 1 unspecified atom stereocenters. The average Bonchev–Trinajstić information content (AvgIpc) is 2.43. The average molecular weight is 296 g/mol. The highest BCUT2D eigenvalue weighted by Gasteiger charge is 2.13. The predicted octanol–water partition coefficient (Wildman–Crippen LogP) is 2.83. The van der Waals surface area contributed by atoms with Crippen LogP contribution in [0.15, 0.2) is 36.4 Å². The smallest absolute Gasteiger partial charge is 0.320 e. The van der Waals surface area contributed by atoms with Gasteiger partial charge in [0.2, 0.25) is 0 Å². The van der Waals surface area contributed by atoms with Gasteiger partial charge in [0.15, 0.2) is 0 Å². The molecular formula is C15H18ClNO3. The summed E-state index contributed by atoms with van der Waals surface area (Å²) in [6, 6.07) is 11.3. The number of benzene rings is 2. The molecule has 0 fully saturated rings. The summed E-state index contributed by atoms with van der Waals surface area (Å²) in [5.74, 6) is -0.0945. The second-order valence-corrected chi connectivity index (χ2v) is 4.41. The minimum absolute atomic E-state index is 0. The first-order valence-electron chi connectivity index (χ1n) is 6.14. The fourth-order valence-electron chi connectivity index (χ4n) is 2.03. The summed E-state index contributed by atoms with van der Waals surface area (Å²) in [6.07, 6.45) is 0. The van der Waals surface area contributed by atoms with Gasteiger partial charge in [0, 0.05) is 12.1 Å². The van der Waals surface area contributed by atoms with Gasteiger partial charge in [0.1, 0.15) is 11.8 Å². The zero-order chi connectivity index (χ0) is 13.8. The van der Waals surface area contributed by atoms with Crippen LogP contribution in [-0.2, 0) is 11.3 Å². The van der Waals surface area contributed by atoms with Crippen molar-refractivity contribution in [1.82, 2.24) is 5.32 Å². The maximum Gasteiger partial charge on any atom is 0.320 e. The molecule has 2 N–H and O–H groups in total. The van der Waals surface area contributed by atoms with Gasteiger partial charge in [-0.2, -0.15) is 0 Å². The van der Waals surface area contributed by atoms with Crippen LogP contribution >= 0.6 is 12.4 Å². The van der Waals surface area contributed by atoms with E-state index in [9.17, 15) is 4.79 Å². The number of ether oxygens (including phenoxy) is 1. The van der Waals surface area contributed by atoms with Gasteiger partial charge in [0.05, 0.1) is 7.11 Å². The number of fused-ring (bicyclic) bond motifs is 1. The van der Waals surface area contributed by atoms with Gasteiger partial charge in [0.25, 0.3) is 0 Å². The molecule has 4 nitrogen and oxygen atoms in total. The quantitative estimate of drug-likeness (QED) is 0.890. The Morgan fingerprint density at radius 1 is 1.30 bits per heavy atom. The molecule has 0 radical (unpaired) electrons. The SMILES string of the molecule is COc1ccc2ccccc2c1CNC(C)C(=O)O.Cl. The Labute approximate surface area is 124 Å². The van der Waals surface area contributed by atoms with Crippen molar-refractivity contribution < 1.29 is 14.6 Å². The van der Waals surface area contributed by atoms with E-state index >= 15 is 0 Å².